The number of pyridine rings is 1. The fourth-order valence-electron chi connectivity index (χ4n) is 2.51. The van der Waals surface area contributed by atoms with Crippen LogP contribution in [-0.2, 0) is 0 Å². The zero-order valence-corrected chi connectivity index (χ0v) is 11.9. The third-order valence-electron chi connectivity index (χ3n) is 3.58. The third-order valence-corrected chi connectivity index (χ3v) is 3.58. The summed E-state index contributed by atoms with van der Waals surface area (Å²) in [6.45, 7) is 2.74. The Bertz CT molecular complexity index is 458. The van der Waals surface area contributed by atoms with E-state index in [9.17, 15) is 9.18 Å². The number of hydrogen-bond donors (Lipinski definition) is 2. The Kier molecular flexibility index (Phi) is 5.32. The summed E-state index contributed by atoms with van der Waals surface area (Å²) in [5, 5.41) is 6.06. The van der Waals surface area contributed by atoms with Crippen LogP contribution in [0.5, 0.6) is 0 Å². The molecule has 1 saturated carbocycles. The first-order chi connectivity index (χ1) is 9.70. The van der Waals surface area contributed by atoms with Gasteiger partial charge in [0.2, 0.25) is 0 Å². The molecule has 1 aromatic rings. The minimum absolute atomic E-state index is 0.207. The van der Waals surface area contributed by atoms with Crippen molar-refractivity contribution < 1.29 is 9.18 Å². The Morgan fingerprint density at radius 2 is 2.15 bits per heavy atom. The van der Waals surface area contributed by atoms with Crippen LogP contribution in [0.25, 0.3) is 0 Å². The van der Waals surface area contributed by atoms with E-state index in [0.29, 0.717) is 17.9 Å². The second-order valence-electron chi connectivity index (χ2n) is 5.28. The van der Waals surface area contributed by atoms with Crippen LogP contribution >= 0.6 is 0 Å². The molecule has 4 nitrogen and oxygen atoms in total. The van der Waals surface area contributed by atoms with Crippen molar-refractivity contribution in [3.63, 3.8) is 0 Å². The number of carbonyl (C=O) groups excluding carboxylic acids is 1. The second kappa shape index (κ2) is 7.22. The van der Waals surface area contributed by atoms with E-state index in [1.54, 1.807) is 0 Å². The van der Waals surface area contributed by atoms with Gasteiger partial charge in [0.15, 0.2) is 0 Å². The molecule has 0 bridgehead atoms. The van der Waals surface area contributed by atoms with Gasteiger partial charge in [0.05, 0.1) is 11.8 Å². The molecule has 0 aromatic carbocycles. The van der Waals surface area contributed by atoms with Gasteiger partial charge in [-0.3, -0.25) is 4.79 Å². The molecule has 0 spiro atoms. The maximum Gasteiger partial charge on any atom is 0.255 e. The Morgan fingerprint density at radius 1 is 1.40 bits per heavy atom. The second-order valence-corrected chi connectivity index (χ2v) is 5.28. The van der Waals surface area contributed by atoms with Crippen molar-refractivity contribution in [1.29, 1.82) is 0 Å². The Morgan fingerprint density at radius 3 is 2.85 bits per heavy atom. The molecular formula is C15H22FN3O. The molecule has 1 fully saturated rings. The van der Waals surface area contributed by atoms with Gasteiger partial charge in [0.1, 0.15) is 11.6 Å². The van der Waals surface area contributed by atoms with Gasteiger partial charge < -0.3 is 10.6 Å². The third kappa shape index (κ3) is 3.92. The van der Waals surface area contributed by atoms with E-state index < -0.39 is 5.82 Å². The minimum atomic E-state index is -0.485. The summed E-state index contributed by atoms with van der Waals surface area (Å²) in [6.07, 6.45) is 7.59. The lowest BCUT2D eigenvalue weighted by Gasteiger charge is -2.23. The Hall–Kier alpha value is -1.65. The average Bonchev–Trinajstić information content (AvgIpc) is 2.47. The van der Waals surface area contributed by atoms with E-state index in [4.69, 9.17) is 0 Å². The molecule has 110 valence electrons. The van der Waals surface area contributed by atoms with Crippen LogP contribution < -0.4 is 10.6 Å². The predicted molar refractivity (Wildman–Crippen MR) is 77.3 cm³/mol. The molecule has 5 heteroatoms. The first-order valence-corrected chi connectivity index (χ1v) is 7.41. The van der Waals surface area contributed by atoms with Crippen molar-refractivity contribution >= 4 is 11.7 Å². The van der Waals surface area contributed by atoms with Gasteiger partial charge in [-0.25, -0.2) is 9.37 Å². The molecule has 20 heavy (non-hydrogen) atoms. The first-order valence-electron chi connectivity index (χ1n) is 7.41. The highest BCUT2D eigenvalue weighted by Gasteiger charge is 2.19. The molecule has 1 amide bonds. The highest BCUT2D eigenvalue weighted by molar-refractivity contribution is 5.98. The number of aromatic nitrogens is 1. The number of nitrogens with one attached hydrogen (secondary N) is 2. The summed E-state index contributed by atoms with van der Waals surface area (Å²) in [7, 11) is 0. The molecule has 0 aliphatic heterocycles. The van der Waals surface area contributed by atoms with Gasteiger partial charge in [0, 0.05) is 12.6 Å². The van der Waals surface area contributed by atoms with E-state index in [2.05, 4.69) is 15.6 Å². The van der Waals surface area contributed by atoms with Crippen LogP contribution in [0.15, 0.2) is 12.3 Å². The van der Waals surface area contributed by atoms with Crippen LogP contribution in [-0.4, -0.2) is 23.5 Å². The summed E-state index contributed by atoms with van der Waals surface area (Å²) in [5.41, 5.74) is 0.295. The standard InChI is InChI=1S/C15H22FN3O/c1-2-8-17-14-13(9-11(16)10-18-14)15(20)19-12-6-4-3-5-7-12/h9-10,12H,2-8H2,1H3,(H,17,18)(H,19,20). The molecule has 0 unspecified atom stereocenters. The van der Waals surface area contributed by atoms with Crippen LogP contribution in [0.4, 0.5) is 10.2 Å². The topological polar surface area (TPSA) is 54.0 Å². The summed E-state index contributed by atoms with van der Waals surface area (Å²) in [6, 6.07) is 1.46. The van der Waals surface area contributed by atoms with E-state index in [1.807, 2.05) is 6.92 Å². The van der Waals surface area contributed by atoms with Gasteiger partial charge in [0.25, 0.3) is 5.91 Å². The highest BCUT2D eigenvalue weighted by Crippen LogP contribution is 2.19. The van der Waals surface area contributed by atoms with Gasteiger partial charge in [-0.1, -0.05) is 26.2 Å². The zero-order chi connectivity index (χ0) is 14.4. The first kappa shape index (κ1) is 14.8. The molecule has 2 N–H and O–H groups in total. The van der Waals surface area contributed by atoms with Crippen molar-refractivity contribution in [2.75, 3.05) is 11.9 Å². The van der Waals surface area contributed by atoms with E-state index in [-0.39, 0.29) is 11.9 Å². The number of carbonyl (C=O) groups is 1. The van der Waals surface area contributed by atoms with Crippen molar-refractivity contribution in [3.05, 3.63) is 23.6 Å². The molecule has 1 aliphatic rings. The lowest BCUT2D eigenvalue weighted by atomic mass is 9.95. The zero-order valence-electron chi connectivity index (χ0n) is 11.9. The molecule has 1 heterocycles. The maximum atomic E-state index is 13.3. The molecule has 0 atom stereocenters. The minimum Gasteiger partial charge on any atom is -0.369 e. The fourth-order valence-corrected chi connectivity index (χ4v) is 2.51. The van der Waals surface area contributed by atoms with Crippen molar-refractivity contribution in [3.8, 4) is 0 Å². The van der Waals surface area contributed by atoms with Gasteiger partial charge in [-0.2, -0.15) is 0 Å². The SMILES string of the molecule is CCCNc1ncc(F)cc1C(=O)NC1CCCCC1. The summed E-state index contributed by atoms with van der Waals surface area (Å²) in [5.74, 6) is -0.259. The van der Waals surface area contributed by atoms with Gasteiger partial charge in [-0.15, -0.1) is 0 Å². The van der Waals surface area contributed by atoms with Crippen molar-refractivity contribution in [2.24, 2.45) is 0 Å². The highest BCUT2D eigenvalue weighted by atomic mass is 19.1. The molecule has 2 rings (SSSR count). The Balaban J connectivity index is 2.08. The number of hydrogen-bond acceptors (Lipinski definition) is 3. The van der Waals surface area contributed by atoms with E-state index in [1.165, 1.54) is 12.5 Å². The number of rotatable bonds is 5. The van der Waals surface area contributed by atoms with Crippen LogP contribution in [0.1, 0.15) is 55.8 Å². The lowest BCUT2D eigenvalue weighted by molar-refractivity contribution is 0.0927. The fraction of sp³-hybridized carbons (Fsp3) is 0.600. The molecule has 1 aliphatic carbocycles. The molecule has 1 aromatic heterocycles. The smallest absolute Gasteiger partial charge is 0.255 e. The molecule has 0 radical (unpaired) electrons. The van der Waals surface area contributed by atoms with Gasteiger partial charge >= 0.3 is 0 Å². The van der Waals surface area contributed by atoms with Gasteiger partial charge in [-0.05, 0) is 25.3 Å². The van der Waals surface area contributed by atoms with Crippen molar-refractivity contribution in [1.82, 2.24) is 10.3 Å². The van der Waals surface area contributed by atoms with E-state index >= 15 is 0 Å². The van der Waals surface area contributed by atoms with Crippen molar-refractivity contribution in [2.45, 2.75) is 51.5 Å². The largest absolute Gasteiger partial charge is 0.369 e. The number of halogens is 1. The monoisotopic (exact) mass is 279 g/mol. The van der Waals surface area contributed by atoms with Crippen LogP contribution in [0.2, 0.25) is 0 Å². The summed E-state index contributed by atoms with van der Waals surface area (Å²) >= 11 is 0. The number of anilines is 1. The number of nitrogens with zero attached hydrogens (tertiary/aromatic N) is 1. The maximum absolute atomic E-state index is 13.3. The summed E-state index contributed by atoms with van der Waals surface area (Å²) < 4.78 is 13.3. The Labute approximate surface area is 119 Å². The van der Waals surface area contributed by atoms with E-state index in [0.717, 1.165) is 38.3 Å². The summed E-state index contributed by atoms with van der Waals surface area (Å²) in [4.78, 5) is 16.3. The molecule has 0 saturated heterocycles. The average molecular weight is 279 g/mol. The molecular weight excluding hydrogens is 257 g/mol. The number of amides is 1. The normalized spacial score (nSPS) is 15.9. The lowest BCUT2D eigenvalue weighted by Crippen LogP contribution is -2.36. The predicted octanol–water partition coefficient (Wildman–Crippen LogP) is 3.11. The quantitative estimate of drug-likeness (QED) is 0.870. The van der Waals surface area contributed by atoms with Crippen LogP contribution in [0, 0.1) is 5.82 Å². The van der Waals surface area contributed by atoms with Crippen LogP contribution in [0.3, 0.4) is 0 Å².